The van der Waals surface area contributed by atoms with Gasteiger partial charge in [0, 0.05) is 27.8 Å². The van der Waals surface area contributed by atoms with Crippen molar-refractivity contribution in [1.82, 2.24) is 15.2 Å². The van der Waals surface area contributed by atoms with Gasteiger partial charge in [-0.05, 0) is 12.5 Å². The topological polar surface area (TPSA) is 147 Å². The molecule has 2 aliphatic heterocycles. The first-order valence-electron chi connectivity index (χ1n) is 14.3. The number of hydrogen-bond donors (Lipinski definition) is 3. The molecule has 6 rings (SSSR count). The summed E-state index contributed by atoms with van der Waals surface area (Å²) in [5, 5.41) is 18.3. The van der Waals surface area contributed by atoms with E-state index >= 15 is 0 Å². The van der Waals surface area contributed by atoms with Crippen molar-refractivity contribution in [3.8, 4) is 0 Å². The van der Waals surface area contributed by atoms with E-state index in [1.54, 1.807) is 24.5 Å². The molecule has 0 aliphatic carbocycles. The van der Waals surface area contributed by atoms with E-state index in [1.807, 2.05) is 91.0 Å². The van der Waals surface area contributed by atoms with Crippen molar-refractivity contribution < 1.29 is 24.3 Å². The van der Waals surface area contributed by atoms with Crippen LogP contribution in [0.3, 0.4) is 0 Å². The number of anilines is 1. The number of carboxylic acids is 1. The van der Waals surface area contributed by atoms with E-state index in [0.29, 0.717) is 11.3 Å². The molecule has 1 aromatic heterocycles. The predicted octanol–water partition coefficient (Wildman–Crippen LogP) is 4.75. The molecule has 232 valence electrons. The number of carboxylic acid groups (broad SMARTS) is 1. The molecule has 12 heteroatoms. The number of thioether (sulfide) groups is 1. The second kappa shape index (κ2) is 13.0. The number of benzene rings is 3. The highest BCUT2D eigenvalue weighted by Crippen LogP contribution is 2.42. The quantitative estimate of drug-likeness (QED) is 0.0964. The maximum atomic E-state index is 14.0. The number of aliphatic carboxylic acids is 1. The van der Waals surface area contributed by atoms with Gasteiger partial charge in [0.05, 0.1) is 0 Å². The lowest BCUT2D eigenvalue weighted by molar-refractivity contribution is -0.150. The van der Waals surface area contributed by atoms with Gasteiger partial charge in [-0.2, -0.15) is 0 Å². The molecule has 3 heterocycles. The summed E-state index contributed by atoms with van der Waals surface area (Å²) >= 11 is 2.50. The third-order valence-electron chi connectivity index (χ3n) is 7.65. The summed E-state index contributed by atoms with van der Waals surface area (Å²) in [6.45, 7) is 1.78. The van der Waals surface area contributed by atoms with E-state index in [0.717, 1.165) is 28.0 Å². The standard InChI is InChI=1S/C34H29N5O5S2/c1-2-12-21-19-45-31-27(30(41)39(31)28(21)32(42)43)37-29(40)26(25-20-46-33(35)36-25)38-44-34(22-13-6-3-7-14-22,23-15-8-4-9-16-23)24-17-10-5-11-18-24/h2-18,20,27,31H,19H2,1H3,(H2,35,36)(H,37,40)(H,42,43)/b12-2-,38-26-. The van der Waals surface area contributed by atoms with Gasteiger partial charge in [0.1, 0.15) is 22.8 Å². The van der Waals surface area contributed by atoms with Crippen molar-refractivity contribution in [2.45, 2.75) is 23.9 Å². The van der Waals surface area contributed by atoms with Crippen molar-refractivity contribution in [2.24, 2.45) is 5.16 Å². The van der Waals surface area contributed by atoms with Gasteiger partial charge in [-0.25, -0.2) is 9.78 Å². The molecule has 1 saturated heterocycles. The van der Waals surface area contributed by atoms with Crippen molar-refractivity contribution in [3.05, 3.63) is 142 Å². The molecule has 2 unspecified atom stereocenters. The van der Waals surface area contributed by atoms with Crippen molar-refractivity contribution in [3.63, 3.8) is 0 Å². The zero-order valence-corrected chi connectivity index (χ0v) is 26.2. The third kappa shape index (κ3) is 5.57. The molecule has 0 bridgehead atoms. The van der Waals surface area contributed by atoms with Crippen LogP contribution in [-0.4, -0.2) is 55.7 Å². The van der Waals surface area contributed by atoms with Crippen LogP contribution in [0.15, 0.2) is 125 Å². The lowest BCUT2D eigenvalue weighted by Gasteiger charge is -2.49. The molecule has 0 saturated carbocycles. The SMILES string of the molecule is C/C=C\C1=C(C(=O)O)N2C(=O)C(NC(=O)/C(=N\OC(c3ccccc3)(c3ccccc3)c3ccccc3)c3csc(N)n3)C2SC1. The Morgan fingerprint density at radius 1 is 1.02 bits per heavy atom. The van der Waals surface area contributed by atoms with Crippen molar-refractivity contribution in [1.29, 1.82) is 0 Å². The summed E-state index contributed by atoms with van der Waals surface area (Å²) in [6, 6.07) is 27.7. The Kier molecular flexibility index (Phi) is 8.73. The second-order valence-electron chi connectivity index (χ2n) is 10.4. The molecule has 4 aromatic rings. The molecule has 3 aromatic carbocycles. The summed E-state index contributed by atoms with van der Waals surface area (Å²) in [4.78, 5) is 51.4. The molecule has 0 spiro atoms. The number of allylic oxidation sites excluding steroid dienone is 2. The fourth-order valence-corrected chi connectivity index (χ4v) is 7.44. The summed E-state index contributed by atoms with van der Waals surface area (Å²) in [6.07, 6.45) is 3.41. The number of rotatable bonds is 10. The number of fused-ring (bicyclic) bond motifs is 1. The van der Waals surface area contributed by atoms with Crippen LogP contribution in [0, 0.1) is 0 Å². The summed E-state index contributed by atoms with van der Waals surface area (Å²) in [7, 11) is 0. The summed E-state index contributed by atoms with van der Waals surface area (Å²) in [5.74, 6) is -2.08. The number of nitrogens with two attached hydrogens (primary N) is 1. The predicted molar refractivity (Wildman–Crippen MR) is 178 cm³/mol. The number of carbonyl (C=O) groups excluding carboxylic acids is 2. The largest absolute Gasteiger partial charge is 0.477 e. The number of nitrogen functional groups attached to an aromatic ring is 1. The van der Waals surface area contributed by atoms with Crippen LogP contribution in [0.4, 0.5) is 5.13 Å². The lowest BCUT2D eigenvalue weighted by atomic mass is 9.80. The van der Waals surface area contributed by atoms with Gasteiger partial charge in [-0.1, -0.05) is 108 Å². The Hall–Kier alpha value is -5.20. The number of oxime groups is 1. The molecular weight excluding hydrogens is 623 g/mol. The van der Waals surface area contributed by atoms with Crippen LogP contribution < -0.4 is 11.1 Å². The van der Waals surface area contributed by atoms with Crippen LogP contribution in [0.25, 0.3) is 0 Å². The molecule has 2 amide bonds. The van der Waals surface area contributed by atoms with E-state index in [4.69, 9.17) is 10.6 Å². The maximum Gasteiger partial charge on any atom is 0.352 e. The number of carbonyl (C=O) groups is 3. The molecule has 2 aliphatic rings. The number of nitrogens with one attached hydrogen (secondary N) is 1. The number of β-lactam (4-membered cyclic amide) rings is 1. The molecule has 10 nitrogen and oxygen atoms in total. The van der Waals surface area contributed by atoms with E-state index < -0.39 is 34.8 Å². The average Bonchev–Trinajstić information content (AvgIpc) is 3.52. The van der Waals surface area contributed by atoms with Crippen LogP contribution in [-0.2, 0) is 24.8 Å². The highest BCUT2D eigenvalue weighted by Gasteiger charge is 2.54. The normalized spacial score (nSPS) is 18.2. The molecule has 2 atom stereocenters. The van der Waals surface area contributed by atoms with Gasteiger partial charge in [-0.15, -0.1) is 23.1 Å². The summed E-state index contributed by atoms with van der Waals surface area (Å²) < 4.78 is 0. The number of thiazole rings is 1. The Morgan fingerprint density at radius 2 is 1.59 bits per heavy atom. The van der Waals surface area contributed by atoms with Crippen molar-refractivity contribution in [2.75, 3.05) is 11.5 Å². The minimum Gasteiger partial charge on any atom is -0.477 e. The van der Waals surface area contributed by atoms with Crippen molar-refractivity contribution >= 4 is 51.7 Å². The van der Waals surface area contributed by atoms with Gasteiger partial charge in [-0.3, -0.25) is 14.5 Å². The van der Waals surface area contributed by atoms with E-state index in [9.17, 15) is 19.5 Å². The smallest absolute Gasteiger partial charge is 0.352 e. The molecule has 0 radical (unpaired) electrons. The molecular formula is C34H29N5O5S2. The number of amides is 2. The maximum absolute atomic E-state index is 14.0. The molecule has 4 N–H and O–H groups in total. The monoisotopic (exact) mass is 651 g/mol. The van der Waals surface area contributed by atoms with Gasteiger partial charge < -0.3 is 21.0 Å². The number of nitrogens with zero attached hydrogens (tertiary/aromatic N) is 3. The second-order valence-corrected chi connectivity index (χ2v) is 12.4. The fraction of sp³-hybridized carbons (Fsp3) is 0.147. The van der Waals surface area contributed by atoms with Gasteiger partial charge in [0.2, 0.25) is 5.60 Å². The van der Waals surface area contributed by atoms with Gasteiger partial charge >= 0.3 is 5.97 Å². The number of aromatic nitrogens is 1. The highest BCUT2D eigenvalue weighted by atomic mass is 32.2. The Morgan fingerprint density at radius 3 is 2.07 bits per heavy atom. The first-order valence-corrected chi connectivity index (χ1v) is 16.3. The highest BCUT2D eigenvalue weighted by molar-refractivity contribution is 8.00. The van der Waals surface area contributed by atoms with E-state index in [-0.39, 0.29) is 22.2 Å². The first-order chi connectivity index (χ1) is 22.3. The van der Waals surface area contributed by atoms with Crippen LogP contribution in [0.1, 0.15) is 29.3 Å². The molecule has 1 fully saturated rings. The Labute approximate surface area is 273 Å². The van der Waals surface area contributed by atoms with E-state index in [1.165, 1.54) is 16.7 Å². The molecule has 46 heavy (non-hydrogen) atoms. The van der Waals surface area contributed by atoms with E-state index in [2.05, 4.69) is 15.5 Å². The zero-order chi connectivity index (χ0) is 32.3. The summed E-state index contributed by atoms with van der Waals surface area (Å²) in [5.41, 5.74) is 7.41. The number of hydrogen-bond acceptors (Lipinski definition) is 9. The average molecular weight is 652 g/mol. The Bertz CT molecular complexity index is 1760. The zero-order valence-electron chi connectivity index (χ0n) is 24.6. The van der Waals surface area contributed by atoms with Gasteiger partial charge in [0.15, 0.2) is 10.8 Å². The minimum atomic E-state index is -1.27. The Balaban J connectivity index is 1.40. The lowest BCUT2D eigenvalue weighted by Crippen LogP contribution is -2.71. The third-order valence-corrected chi connectivity index (χ3v) is 9.63. The van der Waals surface area contributed by atoms with Crippen LogP contribution in [0.2, 0.25) is 0 Å². The van der Waals surface area contributed by atoms with Crippen LogP contribution >= 0.6 is 23.1 Å². The first kappa shape index (κ1) is 30.8. The van der Waals surface area contributed by atoms with Gasteiger partial charge in [0.25, 0.3) is 11.8 Å². The minimum absolute atomic E-state index is 0.0831. The van der Waals surface area contributed by atoms with Crippen LogP contribution in [0.5, 0.6) is 0 Å². The fourth-order valence-electron chi connectivity index (χ4n) is 5.57.